The van der Waals surface area contributed by atoms with Crippen LogP contribution in [-0.4, -0.2) is 9.91 Å². The van der Waals surface area contributed by atoms with E-state index in [4.69, 9.17) is 22.1 Å². The second-order valence-corrected chi connectivity index (χ2v) is 4.12. The maximum Gasteiger partial charge on any atom is 0.312 e. The van der Waals surface area contributed by atoms with Gasteiger partial charge < -0.3 is 10.5 Å². The SMILES string of the molecule is Nc1ccnc(COc2c(Cl)cccc2[N+](=O)[O-])c1. The number of nitrogens with two attached hydrogens (primary N) is 1. The van der Waals surface area contributed by atoms with Gasteiger partial charge in [-0.3, -0.25) is 15.1 Å². The third-order valence-electron chi connectivity index (χ3n) is 2.35. The lowest BCUT2D eigenvalue weighted by molar-refractivity contribution is -0.385. The van der Waals surface area contributed by atoms with Gasteiger partial charge in [-0.2, -0.15) is 0 Å². The number of hydrogen-bond acceptors (Lipinski definition) is 5. The van der Waals surface area contributed by atoms with Gasteiger partial charge >= 0.3 is 5.69 Å². The van der Waals surface area contributed by atoms with Crippen molar-refractivity contribution in [3.63, 3.8) is 0 Å². The highest BCUT2D eigenvalue weighted by molar-refractivity contribution is 6.32. The van der Waals surface area contributed by atoms with Crippen LogP contribution in [0.2, 0.25) is 5.02 Å². The Morgan fingerprint density at radius 2 is 2.21 bits per heavy atom. The number of pyridine rings is 1. The fourth-order valence-corrected chi connectivity index (χ4v) is 1.73. The predicted octanol–water partition coefficient (Wildman–Crippen LogP) is 2.80. The summed E-state index contributed by atoms with van der Waals surface area (Å²) in [5.41, 5.74) is 6.53. The Morgan fingerprint density at radius 3 is 2.89 bits per heavy atom. The van der Waals surface area contributed by atoms with Gasteiger partial charge in [0.05, 0.1) is 15.6 Å². The Labute approximate surface area is 113 Å². The van der Waals surface area contributed by atoms with Gasteiger partial charge in [-0.05, 0) is 18.2 Å². The van der Waals surface area contributed by atoms with Crippen LogP contribution in [0.5, 0.6) is 5.75 Å². The van der Waals surface area contributed by atoms with Gasteiger partial charge in [0.1, 0.15) is 6.61 Å². The molecule has 0 saturated heterocycles. The molecule has 0 atom stereocenters. The van der Waals surface area contributed by atoms with Crippen LogP contribution in [0.4, 0.5) is 11.4 Å². The standard InChI is InChI=1S/C12H10ClN3O3/c13-10-2-1-3-11(16(17)18)12(10)19-7-9-6-8(14)4-5-15-9/h1-6H,7H2,(H2,14,15). The molecule has 19 heavy (non-hydrogen) atoms. The molecule has 0 aliphatic rings. The molecule has 0 aliphatic heterocycles. The number of aromatic nitrogens is 1. The summed E-state index contributed by atoms with van der Waals surface area (Å²) in [6.07, 6.45) is 1.54. The highest BCUT2D eigenvalue weighted by atomic mass is 35.5. The lowest BCUT2D eigenvalue weighted by Crippen LogP contribution is -2.02. The maximum atomic E-state index is 10.9. The van der Waals surface area contributed by atoms with Crippen molar-refractivity contribution in [2.24, 2.45) is 0 Å². The molecule has 1 aromatic carbocycles. The van der Waals surface area contributed by atoms with Gasteiger partial charge in [0.25, 0.3) is 0 Å². The number of nitrogen functional groups attached to an aromatic ring is 1. The largest absolute Gasteiger partial charge is 0.479 e. The van der Waals surface area contributed by atoms with Crippen LogP contribution in [0.25, 0.3) is 0 Å². The Morgan fingerprint density at radius 1 is 1.42 bits per heavy atom. The Hall–Kier alpha value is -2.34. The van der Waals surface area contributed by atoms with Crippen molar-refractivity contribution in [1.29, 1.82) is 0 Å². The summed E-state index contributed by atoms with van der Waals surface area (Å²) in [4.78, 5) is 14.4. The van der Waals surface area contributed by atoms with Gasteiger partial charge in [-0.15, -0.1) is 0 Å². The molecule has 98 valence electrons. The fourth-order valence-electron chi connectivity index (χ4n) is 1.51. The van der Waals surface area contributed by atoms with Crippen LogP contribution >= 0.6 is 11.6 Å². The molecule has 0 fully saturated rings. The monoisotopic (exact) mass is 279 g/mol. The van der Waals surface area contributed by atoms with Crippen LogP contribution in [0.3, 0.4) is 0 Å². The minimum absolute atomic E-state index is 0.0263. The molecule has 0 saturated carbocycles. The maximum absolute atomic E-state index is 10.9. The summed E-state index contributed by atoms with van der Waals surface area (Å²) in [6, 6.07) is 7.61. The number of rotatable bonds is 4. The first-order valence-electron chi connectivity index (χ1n) is 5.34. The highest BCUT2D eigenvalue weighted by Crippen LogP contribution is 2.34. The van der Waals surface area contributed by atoms with Gasteiger partial charge in [-0.1, -0.05) is 17.7 Å². The zero-order valence-electron chi connectivity index (χ0n) is 9.75. The molecule has 2 aromatic rings. The third-order valence-corrected chi connectivity index (χ3v) is 2.65. The van der Waals surface area contributed by atoms with Crippen LogP contribution in [0, 0.1) is 10.1 Å². The van der Waals surface area contributed by atoms with Gasteiger partial charge in [0.15, 0.2) is 0 Å². The molecule has 0 radical (unpaired) electrons. The first-order chi connectivity index (χ1) is 9.08. The third kappa shape index (κ3) is 3.11. The van der Waals surface area contributed by atoms with Crippen LogP contribution in [0.15, 0.2) is 36.5 Å². The van der Waals surface area contributed by atoms with E-state index in [2.05, 4.69) is 4.98 Å². The second-order valence-electron chi connectivity index (χ2n) is 3.71. The van der Waals surface area contributed by atoms with E-state index in [0.29, 0.717) is 11.4 Å². The molecule has 0 spiro atoms. The number of nitro groups is 1. The lowest BCUT2D eigenvalue weighted by atomic mass is 10.3. The summed E-state index contributed by atoms with van der Waals surface area (Å²) >= 11 is 5.90. The first kappa shape index (κ1) is 13.1. The Bertz CT molecular complexity index is 619. The lowest BCUT2D eigenvalue weighted by Gasteiger charge is -2.08. The quantitative estimate of drug-likeness (QED) is 0.686. The van der Waals surface area contributed by atoms with Crippen LogP contribution < -0.4 is 10.5 Å². The van der Waals surface area contributed by atoms with Crippen molar-refractivity contribution < 1.29 is 9.66 Å². The summed E-state index contributed by atoms with van der Waals surface area (Å²) in [5.74, 6) is 0.0263. The van der Waals surface area contributed by atoms with Crippen LogP contribution in [-0.2, 0) is 6.61 Å². The van der Waals surface area contributed by atoms with Crippen molar-refractivity contribution in [3.05, 3.63) is 57.4 Å². The molecule has 1 aromatic heterocycles. The van der Waals surface area contributed by atoms with E-state index in [0.717, 1.165) is 0 Å². The first-order valence-corrected chi connectivity index (χ1v) is 5.72. The summed E-state index contributed by atoms with van der Waals surface area (Å²) in [6.45, 7) is 0.0512. The van der Waals surface area contributed by atoms with Gasteiger partial charge in [0.2, 0.25) is 5.75 Å². The number of nitrogens with zero attached hydrogens (tertiary/aromatic N) is 2. The van der Waals surface area contributed by atoms with E-state index in [9.17, 15) is 10.1 Å². The molecule has 0 aliphatic carbocycles. The number of ether oxygens (including phenoxy) is 1. The molecule has 0 unspecified atom stereocenters. The predicted molar refractivity (Wildman–Crippen MR) is 71.1 cm³/mol. The molecule has 0 bridgehead atoms. The number of para-hydroxylation sites is 1. The van der Waals surface area contributed by atoms with Crippen LogP contribution in [0.1, 0.15) is 5.69 Å². The van der Waals surface area contributed by atoms with Crippen molar-refractivity contribution in [2.45, 2.75) is 6.61 Å². The van der Waals surface area contributed by atoms with Gasteiger partial charge in [0, 0.05) is 18.0 Å². The van der Waals surface area contributed by atoms with E-state index < -0.39 is 4.92 Å². The average Bonchev–Trinajstić information content (AvgIpc) is 2.37. The number of halogens is 1. The minimum Gasteiger partial charge on any atom is -0.479 e. The normalized spacial score (nSPS) is 10.2. The minimum atomic E-state index is -0.548. The molecule has 1 heterocycles. The molecular formula is C12H10ClN3O3. The smallest absolute Gasteiger partial charge is 0.312 e. The topological polar surface area (TPSA) is 91.3 Å². The number of nitro benzene ring substituents is 1. The number of hydrogen-bond donors (Lipinski definition) is 1. The van der Waals surface area contributed by atoms with Crippen molar-refractivity contribution in [3.8, 4) is 5.75 Å². The number of anilines is 1. The van der Waals surface area contributed by atoms with Crippen molar-refractivity contribution in [1.82, 2.24) is 4.98 Å². The van der Waals surface area contributed by atoms with Crippen molar-refractivity contribution >= 4 is 23.0 Å². The highest BCUT2D eigenvalue weighted by Gasteiger charge is 2.18. The summed E-state index contributed by atoms with van der Waals surface area (Å²) in [5, 5.41) is 11.0. The fraction of sp³-hybridized carbons (Fsp3) is 0.0833. The number of benzene rings is 1. The van der Waals surface area contributed by atoms with Gasteiger partial charge in [-0.25, -0.2) is 0 Å². The van der Waals surface area contributed by atoms with E-state index in [1.54, 1.807) is 12.1 Å². The average molecular weight is 280 g/mol. The molecular weight excluding hydrogens is 270 g/mol. The van der Waals surface area contributed by atoms with E-state index in [-0.39, 0.29) is 23.1 Å². The summed E-state index contributed by atoms with van der Waals surface area (Å²) in [7, 11) is 0. The van der Waals surface area contributed by atoms with E-state index >= 15 is 0 Å². The summed E-state index contributed by atoms with van der Waals surface area (Å²) < 4.78 is 5.38. The van der Waals surface area contributed by atoms with E-state index in [1.165, 1.54) is 24.4 Å². The zero-order valence-corrected chi connectivity index (χ0v) is 10.5. The Balaban J connectivity index is 2.22. The molecule has 0 amide bonds. The molecule has 2 N–H and O–H groups in total. The van der Waals surface area contributed by atoms with Crippen molar-refractivity contribution in [2.75, 3.05) is 5.73 Å². The molecule has 2 rings (SSSR count). The Kier molecular flexibility index (Phi) is 3.82. The zero-order chi connectivity index (χ0) is 13.8. The second kappa shape index (κ2) is 5.53. The molecule has 6 nitrogen and oxygen atoms in total. The molecule has 7 heteroatoms. The van der Waals surface area contributed by atoms with E-state index in [1.807, 2.05) is 0 Å².